The summed E-state index contributed by atoms with van der Waals surface area (Å²) in [6.07, 6.45) is 8.27. The normalized spacial score (nSPS) is 16.9. The van der Waals surface area contributed by atoms with Crippen LogP contribution in [-0.2, 0) is 4.79 Å². The molecule has 1 fully saturated rings. The van der Waals surface area contributed by atoms with Crippen molar-refractivity contribution in [3.05, 3.63) is 53.8 Å². The van der Waals surface area contributed by atoms with Gasteiger partial charge in [0.15, 0.2) is 0 Å². The predicted octanol–water partition coefficient (Wildman–Crippen LogP) is 2.67. The van der Waals surface area contributed by atoms with E-state index >= 15 is 0 Å². The van der Waals surface area contributed by atoms with Gasteiger partial charge in [0.2, 0.25) is 11.9 Å². The molecule has 8 nitrogen and oxygen atoms in total. The molecule has 1 aromatic carbocycles. The standard InChI is InChI=1S/C18H18BrN7O/c19-14-4-5-16(26-12-20-11-23-26)15(9-14)24-17(27)13-3-1-8-25(10-13)18-21-6-2-7-22-18/h2,4-7,9,11-13H,1,3,8,10H2,(H,24,27). The van der Waals surface area contributed by atoms with Crippen molar-refractivity contribution >= 4 is 33.5 Å². The number of hydrogen-bond donors (Lipinski definition) is 1. The van der Waals surface area contributed by atoms with Gasteiger partial charge in [0.05, 0.1) is 17.3 Å². The molecule has 27 heavy (non-hydrogen) atoms. The van der Waals surface area contributed by atoms with Gasteiger partial charge in [0.1, 0.15) is 12.7 Å². The molecule has 0 radical (unpaired) electrons. The second-order valence-electron chi connectivity index (χ2n) is 6.32. The third kappa shape index (κ3) is 3.97. The summed E-state index contributed by atoms with van der Waals surface area (Å²) in [6, 6.07) is 7.45. The van der Waals surface area contributed by atoms with Crippen LogP contribution >= 0.6 is 15.9 Å². The topological polar surface area (TPSA) is 88.8 Å². The molecule has 1 amide bonds. The number of anilines is 2. The molecule has 3 heterocycles. The zero-order valence-electron chi connectivity index (χ0n) is 14.5. The van der Waals surface area contributed by atoms with Crippen LogP contribution in [0, 0.1) is 5.92 Å². The molecule has 1 N–H and O–H groups in total. The maximum absolute atomic E-state index is 12.9. The van der Waals surface area contributed by atoms with Crippen LogP contribution in [0.5, 0.6) is 0 Å². The maximum atomic E-state index is 12.9. The first-order chi connectivity index (χ1) is 13.2. The summed E-state index contributed by atoms with van der Waals surface area (Å²) >= 11 is 3.46. The number of piperidine rings is 1. The highest BCUT2D eigenvalue weighted by Gasteiger charge is 2.27. The summed E-state index contributed by atoms with van der Waals surface area (Å²) in [6.45, 7) is 1.46. The van der Waals surface area contributed by atoms with E-state index < -0.39 is 0 Å². The number of nitrogens with one attached hydrogen (secondary N) is 1. The van der Waals surface area contributed by atoms with E-state index in [1.54, 1.807) is 29.5 Å². The van der Waals surface area contributed by atoms with Crippen molar-refractivity contribution in [1.29, 1.82) is 0 Å². The summed E-state index contributed by atoms with van der Waals surface area (Å²) < 4.78 is 2.51. The molecule has 0 saturated carbocycles. The third-order valence-corrected chi connectivity index (χ3v) is 5.00. The molecule has 9 heteroatoms. The number of carbonyl (C=O) groups excluding carboxylic acids is 1. The Labute approximate surface area is 164 Å². The number of hydrogen-bond acceptors (Lipinski definition) is 6. The highest BCUT2D eigenvalue weighted by atomic mass is 79.9. The van der Waals surface area contributed by atoms with Crippen LogP contribution < -0.4 is 10.2 Å². The number of halogens is 1. The SMILES string of the molecule is O=C(Nc1cc(Br)ccc1-n1cncn1)C1CCCN(c2ncccn2)C1. The molecular formula is C18H18BrN7O. The number of benzene rings is 1. The van der Waals surface area contributed by atoms with Crippen molar-refractivity contribution < 1.29 is 4.79 Å². The number of rotatable bonds is 4. The van der Waals surface area contributed by atoms with E-state index in [1.165, 1.54) is 6.33 Å². The van der Waals surface area contributed by atoms with Crippen LogP contribution in [0.15, 0.2) is 53.8 Å². The van der Waals surface area contributed by atoms with Crippen LogP contribution in [0.2, 0.25) is 0 Å². The van der Waals surface area contributed by atoms with E-state index in [4.69, 9.17) is 0 Å². The molecule has 1 aliphatic rings. The quantitative estimate of drug-likeness (QED) is 0.688. The molecule has 1 atom stereocenters. The first-order valence-electron chi connectivity index (χ1n) is 8.68. The first-order valence-corrected chi connectivity index (χ1v) is 9.47. The van der Waals surface area contributed by atoms with E-state index in [9.17, 15) is 4.79 Å². The largest absolute Gasteiger partial charge is 0.340 e. The Kier molecular flexibility index (Phi) is 5.10. The second-order valence-corrected chi connectivity index (χ2v) is 7.24. The fourth-order valence-corrected chi connectivity index (χ4v) is 3.56. The van der Waals surface area contributed by atoms with E-state index in [0.717, 1.165) is 29.5 Å². The highest BCUT2D eigenvalue weighted by Crippen LogP contribution is 2.26. The van der Waals surface area contributed by atoms with E-state index in [0.29, 0.717) is 18.2 Å². The van der Waals surface area contributed by atoms with Crippen molar-refractivity contribution in [2.45, 2.75) is 12.8 Å². The van der Waals surface area contributed by atoms with Crippen LogP contribution in [0.25, 0.3) is 5.69 Å². The lowest BCUT2D eigenvalue weighted by Gasteiger charge is -2.32. The zero-order chi connectivity index (χ0) is 18.6. The van der Waals surface area contributed by atoms with Crippen LogP contribution in [0.1, 0.15) is 12.8 Å². The Morgan fingerprint density at radius 1 is 1.26 bits per heavy atom. The molecule has 0 aliphatic carbocycles. The summed E-state index contributed by atoms with van der Waals surface area (Å²) in [7, 11) is 0. The fourth-order valence-electron chi connectivity index (χ4n) is 3.20. The predicted molar refractivity (Wildman–Crippen MR) is 105 cm³/mol. The van der Waals surface area contributed by atoms with Crippen molar-refractivity contribution in [1.82, 2.24) is 24.7 Å². The minimum Gasteiger partial charge on any atom is -0.340 e. The van der Waals surface area contributed by atoms with E-state index in [1.807, 2.05) is 18.2 Å². The minimum absolute atomic E-state index is 0.0184. The lowest BCUT2D eigenvalue weighted by atomic mass is 9.97. The smallest absolute Gasteiger partial charge is 0.229 e. The first kappa shape index (κ1) is 17.6. The Morgan fingerprint density at radius 3 is 2.89 bits per heavy atom. The molecule has 0 spiro atoms. The zero-order valence-corrected chi connectivity index (χ0v) is 16.1. The third-order valence-electron chi connectivity index (χ3n) is 4.51. The molecule has 1 unspecified atom stereocenters. The molecule has 1 aliphatic heterocycles. The Balaban J connectivity index is 1.52. The van der Waals surface area contributed by atoms with Crippen LogP contribution in [0.4, 0.5) is 11.6 Å². The minimum atomic E-state index is -0.134. The van der Waals surface area contributed by atoms with Gasteiger partial charge in [-0.3, -0.25) is 4.79 Å². The van der Waals surface area contributed by atoms with Crippen molar-refractivity contribution in [3.63, 3.8) is 0 Å². The lowest BCUT2D eigenvalue weighted by Crippen LogP contribution is -2.41. The summed E-state index contributed by atoms with van der Waals surface area (Å²) in [5, 5.41) is 7.22. The average molecular weight is 428 g/mol. The van der Waals surface area contributed by atoms with Crippen molar-refractivity contribution in [3.8, 4) is 5.69 Å². The molecule has 138 valence electrons. The van der Waals surface area contributed by atoms with Crippen LogP contribution in [0.3, 0.4) is 0 Å². The Bertz CT molecular complexity index is 917. The van der Waals surface area contributed by atoms with Crippen LogP contribution in [-0.4, -0.2) is 43.7 Å². The maximum Gasteiger partial charge on any atom is 0.229 e. The number of carbonyl (C=O) groups is 1. The Morgan fingerprint density at radius 2 is 2.11 bits per heavy atom. The van der Waals surface area contributed by atoms with E-state index in [-0.39, 0.29) is 11.8 Å². The molecule has 1 saturated heterocycles. The van der Waals surface area contributed by atoms with Gasteiger partial charge in [-0.1, -0.05) is 15.9 Å². The molecule has 3 aromatic rings. The van der Waals surface area contributed by atoms with Gasteiger partial charge in [-0.2, -0.15) is 5.10 Å². The fraction of sp³-hybridized carbons (Fsp3) is 0.278. The number of aromatic nitrogens is 5. The average Bonchev–Trinajstić information content (AvgIpc) is 3.23. The van der Waals surface area contributed by atoms with Crippen molar-refractivity contribution in [2.24, 2.45) is 5.92 Å². The molecule has 2 aromatic heterocycles. The molecular weight excluding hydrogens is 410 g/mol. The Hall–Kier alpha value is -2.81. The molecule has 0 bridgehead atoms. The number of nitrogens with zero attached hydrogens (tertiary/aromatic N) is 6. The van der Waals surface area contributed by atoms with E-state index in [2.05, 4.69) is 46.2 Å². The summed E-state index contributed by atoms with van der Waals surface area (Å²) in [4.78, 5) is 27.6. The van der Waals surface area contributed by atoms with Gasteiger partial charge >= 0.3 is 0 Å². The van der Waals surface area contributed by atoms with Gasteiger partial charge in [-0.25, -0.2) is 19.6 Å². The van der Waals surface area contributed by atoms with Gasteiger partial charge in [0, 0.05) is 30.0 Å². The number of amides is 1. The van der Waals surface area contributed by atoms with Gasteiger partial charge in [-0.05, 0) is 37.1 Å². The molecule has 4 rings (SSSR count). The monoisotopic (exact) mass is 427 g/mol. The van der Waals surface area contributed by atoms with Crippen molar-refractivity contribution in [2.75, 3.05) is 23.3 Å². The summed E-state index contributed by atoms with van der Waals surface area (Å²) in [5.74, 6) is 0.515. The van der Waals surface area contributed by atoms with Gasteiger partial charge in [-0.15, -0.1) is 0 Å². The lowest BCUT2D eigenvalue weighted by molar-refractivity contribution is -0.120. The summed E-state index contributed by atoms with van der Waals surface area (Å²) in [5.41, 5.74) is 1.45. The van der Waals surface area contributed by atoms with Gasteiger partial charge < -0.3 is 10.2 Å². The second kappa shape index (κ2) is 7.83. The highest BCUT2D eigenvalue weighted by molar-refractivity contribution is 9.10. The van der Waals surface area contributed by atoms with Gasteiger partial charge in [0.25, 0.3) is 0 Å².